The first-order valence-electron chi connectivity index (χ1n) is 4.99. The molecule has 88 valence electrons. The summed E-state index contributed by atoms with van der Waals surface area (Å²) in [5.74, 6) is -0.967. The topological polar surface area (TPSA) is 75.1 Å². The van der Waals surface area contributed by atoms with Crippen molar-refractivity contribution in [2.24, 2.45) is 0 Å². The van der Waals surface area contributed by atoms with E-state index in [0.717, 1.165) is 9.88 Å². The van der Waals surface area contributed by atoms with Crippen LogP contribution in [0, 0.1) is 6.92 Å². The molecule has 0 spiro atoms. The van der Waals surface area contributed by atoms with Crippen LogP contribution in [0.5, 0.6) is 0 Å². The van der Waals surface area contributed by atoms with Gasteiger partial charge in [0.1, 0.15) is 5.01 Å². The van der Waals surface area contributed by atoms with Gasteiger partial charge in [0.15, 0.2) is 0 Å². The number of carboxylic acid groups (broad SMARTS) is 1. The highest BCUT2D eigenvalue weighted by molar-refractivity contribution is 7.11. The Balaban J connectivity index is 2.11. The van der Waals surface area contributed by atoms with Crippen molar-refractivity contribution >= 4 is 23.0 Å². The second-order valence-electron chi connectivity index (χ2n) is 3.44. The standard InChI is InChI=1S/C11H11N3O2S/c1-7-4-14-10(17-7)6-13-9-5-12-3-2-8(9)11(15)16/h2-5,13H,6H2,1H3,(H,15,16). The SMILES string of the molecule is Cc1cnc(CNc2cnccc2C(=O)O)s1. The van der Waals surface area contributed by atoms with Crippen LogP contribution in [0.1, 0.15) is 20.2 Å². The number of carboxylic acids is 1. The third kappa shape index (κ3) is 2.79. The van der Waals surface area contributed by atoms with E-state index in [9.17, 15) is 4.79 Å². The molecule has 0 saturated carbocycles. The van der Waals surface area contributed by atoms with Gasteiger partial charge in [0.2, 0.25) is 0 Å². The molecule has 0 saturated heterocycles. The summed E-state index contributed by atoms with van der Waals surface area (Å²) in [4.78, 5) is 20.2. The molecular formula is C11H11N3O2S. The smallest absolute Gasteiger partial charge is 0.337 e. The molecule has 0 fully saturated rings. The van der Waals surface area contributed by atoms with Gasteiger partial charge >= 0.3 is 5.97 Å². The average molecular weight is 249 g/mol. The number of carbonyl (C=O) groups is 1. The van der Waals surface area contributed by atoms with Gasteiger partial charge in [0.25, 0.3) is 0 Å². The molecule has 2 rings (SSSR count). The molecule has 0 aliphatic rings. The van der Waals surface area contributed by atoms with E-state index in [0.29, 0.717) is 12.2 Å². The quantitative estimate of drug-likeness (QED) is 0.868. The summed E-state index contributed by atoms with van der Waals surface area (Å²) in [6.45, 7) is 2.48. The van der Waals surface area contributed by atoms with Crippen LogP contribution < -0.4 is 5.32 Å². The number of aromatic nitrogens is 2. The summed E-state index contributed by atoms with van der Waals surface area (Å²) in [5.41, 5.74) is 0.723. The van der Waals surface area contributed by atoms with E-state index in [4.69, 9.17) is 5.11 Å². The van der Waals surface area contributed by atoms with E-state index in [1.165, 1.54) is 18.5 Å². The summed E-state index contributed by atoms with van der Waals surface area (Å²) in [5, 5.41) is 12.9. The molecule has 0 bridgehead atoms. The normalized spacial score (nSPS) is 10.2. The minimum absolute atomic E-state index is 0.216. The first-order valence-corrected chi connectivity index (χ1v) is 5.81. The van der Waals surface area contributed by atoms with Gasteiger partial charge in [-0.25, -0.2) is 9.78 Å². The van der Waals surface area contributed by atoms with Crippen molar-refractivity contribution in [3.8, 4) is 0 Å². The highest BCUT2D eigenvalue weighted by atomic mass is 32.1. The van der Waals surface area contributed by atoms with Gasteiger partial charge in [-0.05, 0) is 13.0 Å². The number of hydrogen-bond acceptors (Lipinski definition) is 5. The molecule has 0 amide bonds. The van der Waals surface area contributed by atoms with Gasteiger partial charge < -0.3 is 10.4 Å². The Morgan fingerprint density at radius 1 is 1.53 bits per heavy atom. The molecule has 0 aliphatic heterocycles. The van der Waals surface area contributed by atoms with Crippen LogP contribution in [-0.4, -0.2) is 21.0 Å². The van der Waals surface area contributed by atoms with Crippen molar-refractivity contribution in [1.82, 2.24) is 9.97 Å². The second-order valence-corrected chi connectivity index (χ2v) is 4.76. The van der Waals surface area contributed by atoms with E-state index in [-0.39, 0.29) is 5.56 Å². The van der Waals surface area contributed by atoms with Crippen molar-refractivity contribution in [2.75, 3.05) is 5.32 Å². The van der Waals surface area contributed by atoms with E-state index >= 15 is 0 Å². The maximum absolute atomic E-state index is 11.0. The molecule has 2 aromatic heterocycles. The number of anilines is 1. The molecule has 0 aromatic carbocycles. The first-order chi connectivity index (χ1) is 8.16. The lowest BCUT2D eigenvalue weighted by Gasteiger charge is -2.06. The van der Waals surface area contributed by atoms with E-state index < -0.39 is 5.97 Å². The van der Waals surface area contributed by atoms with Crippen molar-refractivity contribution in [3.05, 3.63) is 40.1 Å². The third-order valence-electron chi connectivity index (χ3n) is 2.15. The van der Waals surface area contributed by atoms with Crippen molar-refractivity contribution in [2.45, 2.75) is 13.5 Å². The predicted molar refractivity (Wildman–Crippen MR) is 65.4 cm³/mol. The highest BCUT2D eigenvalue weighted by Crippen LogP contribution is 2.16. The van der Waals surface area contributed by atoms with Gasteiger partial charge in [-0.2, -0.15) is 0 Å². The molecule has 0 unspecified atom stereocenters. The number of aromatic carboxylic acids is 1. The van der Waals surface area contributed by atoms with Gasteiger partial charge in [0.05, 0.1) is 24.0 Å². The van der Waals surface area contributed by atoms with Crippen molar-refractivity contribution < 1.29 is 9.90 Å². The molecule has 2 N–H and O–H groups in total. The molecule has 0 radical (unpaired) electrons. The lowest BCUT2D eigenvalue weighted by atomic mass is 10.2. The number of nitrogens with zero attached hydrogens (tertiary/aromatic N) is 2. The zero-order valence-electron chi connectivity index (χ0n) is 9.17. The number of nitrogens with one attached hydrogen (secondary N) is 1. The minimum Gasteiger partial charge on any atom is -0.478 e. The predicted octanol–water partition coefficient (Wildman–Crippen LogP) is 2.16. The van der Waals surface area contributed by atoms with Crippen LogP contribution in [0.4, 0.5) is 5.69 Å². The molecule has 2 aromatic rings. The molecule has 5 nitrogen and oxygen atoms in total. The summed E-state index contributed by atoms with van der Waals surface area (Å²) in [6.07, 6.45) is 4.76. The van der Waals surface area contributed by atoms with Crippen molar-refractivity contribution in [1.29, 1.82) is 0 Å². The number of hydrogen-bond donors (Lipinski definition) is 2. The second kappa shape index (κ2) is 4.92. The number of rotatable bonds is 4. The average Bonchev–Trinajstić information content (AvgIpc) is 2.73. The molecular weight excluding hydrogens is 238 g/mol. The Morgan fingerprint density at radius 2 is 2.35 bits per heavy atom. The van der Waals surface area contributed by atoms with Gasteiger partial charge in [-0.3, -0.25) is 4.98 Å². The van der Waals surface area contributed by atoms with Crippen molar-refractivity contribution in [3.63, 3.8) is 0 Å². The molecule has 6 heteroatoms. The zero-order chi connectivity index (χ0) is 12.3. The fourth-order valence-corrected chi connectivity index (χ4v) is 2.10. The molecule has 2 heterocycles. The Hall–Kier alpha value is -1.95. The van der Waals surface area contributed by atoms with Crippen LogP contribution in [0.15, 0.2) is 24.7 Å². The fourth-order valence-electron chi connectivity index (χ4n) is 1.38. The third-order valence-corrected chi connectivity index (χ3v) is 3.06. The molecule has 17 heavy (non-hydrogen) atoms. The Bertz CT molecular complexity index is 539. The molecule has 0 aliphatic carbocycles. The number of aryl methyl sites for hydroxylation is 1. The zero-order valence-corrected chi connectivity index (χ0v) is 9.99. The lowest BCUT2D eigenvalue weighted by Crippen LogP contribution is -2.06. The largest absolute Gasteiger partial charge is 0.478 e. The summed E-state index contributed by atoms with van der Waals surface area (Å²) < 4.78 is 0. The Labute approximate surface area is 102 Å². The lowest BCUT2D eigenvalue weighted by molar-refractivity contribution is 0.0698. The van der Waals surface area contributed by atoms with E-state index in [1.807, 2.05) is 6.92 Å². The van der Waals surface area contributed by atoms with Crippen LogP contribution in [0.2, 0.25) is 0 Å². The van der Waals surface area contributed by atoms with Crippen LogP contribution in [0.3, 0.4) is 0 Å². The highest BCUT2D eigenvalue weighted by Gasteiger charge is 2.09. The van der Waals surface area contributed by atoms with Gasteiger partial charge in [-0.1, -0.05) is 0 Å². The molecule has 0 atom stereocenters. The number of thiazole rings is 1. The van der Waals surface area contributed by atoms with Gasteiger partial charge in [-0.15, -0.1) is 11.3 Å². The van der Waals surface area contributed by atoms with Gasteiger partial charge in [0, 0.05) is 17.3 Å². The monoisotopic (exact) mass is 249 g/mol. The maximum atomic E-state index is 11.0. The van der Waals surface area contributed by atoms with Crippen LogP contribution in [0.25, 0.3) is 0 Å². The first kappa shape index (κ1) is 11.5. The summed E-state index contributed by atoms with van der Waals surface area (Å²) >= 11 is 1.58. The summed E-state index contributed by atoms with van der Waals surface area (Å²) in [7, 11) is 0. The Kier molecular flexibility index (Phi) is 3.34. The van der Waals surface area contributed by atoms with E-state index in [2.05, 4.69) is 15.3 Å². The Morgan fingerprint density at radius 3 is 3.00 bits per heavy atom. The van der Waals surface area contributed by atoms with E-state index in [1.54, 1.807) is 17.5 Å². The fraction of sp³-hybridized carbons (Fsp3) is 0.182. The summed E-state index contributed by atoms with van der Waals surface area (Å²) in [6, 6.07) is 1.47. The van der Waals surface area contributed by atoms with Crippen LogP contribution >= 0.6 is 11.3 Å². The van der Waals surface area contributed by atoms with Crippen LogP contribution in [-0.2, 0) is 6.54 Å². The minimum atomic E-state index is -0.967. The number of pyridine rings is 1. The maximum Gasteiger partial charge on any atom is 0.337 e.